The summed E-state index contributed by atoms with van der Waals surface area (Å²) in [6, 6.07) is 10.7. The predicted octanol–water partition coefficient (Wildman–Crippen LogP) is 4.41. The Bertz CT molecular complexity index is 483. The Morgan fingerprint density at radius 2 is 1.77 bits per heavy atom. The summed E-state index contributed by atoms with van der Waals surface area (Å²) in [6.45, 7) is 6.91. The van der Waals surface area contributed by atoms with Crippen molar-refractivity contribution in [1.29, 1.82) is 0 Å². The van der Waals surface area contributed by atoms with E-state index in [2.05, 4.69) is 38.1 Å². The van der Waals surface area contributed by atoms with E-state index in [0.717, 1.165) is 45.3 Å². The summed E-state index contributed by atoms with van der Waals surface area (Å²) in [5.41, 5.74) is 1.19. The molecule has 0 bridgehead atoms. The van der Waals surface area contributed by atoms with Gasteiger partial charge in [-0.15, -0.1) is 0 Å². The van der Waals surface area contributed by atoms with Crippen LogP contribution in [0.2, 0.25) is 0 Å². The van der Waals surface area contributed by atoms with Gasteiger partial charge in [0.05, 0.1) is 6.04 Å². The molecule has 0 N–H and O–H groups in total. The van der Waals surface area contributed by atoms with E-state index in [0.29, 0.717) is 0 Å². The topological polar surface area (TPSA) is 23.6 Å². The van der Waals surface area contributed by atoms with Crippen LogP contribution in [0.15, 0.2) is 36.4 Å². The van der Waals surface area contributed by atoms with Crippen LogP contribution in [0.25, 0.3) is 6.08 Å². The largest absolute Gasteiger partial charge is 0.322 e. The maximum atomic E-state index is 12.6. The molecule has 1 aromatic rings. The molecule has 0 radical (unpaired) electrons. The molecule has 2 amide bonds. The van der Waals surface area contributed by atoms with Crippen LogP contribution in [0.5, 0.6) is 0 Å². The lowest BCUT2D eigenvalue weighted by atomic mass is 10.1. The van der Waals surface area contributed by atoms with E-state index >= 15 is 0 Å². The monoisotopic (exact) mass is 300 g/mol. The summed E-state index contributed by atoms with van der Waals surface area (Å²) in [5, 5.41) is 0. The van der Waals surface area contributed by atoms with E-state index in [4.69, 9.17) is 0 Å². The lowest BCUT2D eigenvalue weighted by molar-refractivity contribution is 0.188. The van der Waals surface area contributed by atoms with Gasteiger partial charge in [-0.3, -0.25) is 0 Å². The summed E-state index contributed by atoms with van der Waals surface area (Å²) in [4.78, 5) is 16.6. The first-order valence-electron chi connectivity index (χ1n) is 8.55. The first-order valence-corrected chi connectivity index (χ1v) is 8.55. The van der Waals surface area contributed by atoms with Crippen LogP contribution in [-0.4, -0.2) is 41.5 Å². The number of benzene rings is 1. The summed E-state index contributed by atoms with van der Waals surface area (Å²) >= 11 is 0. The number of nitrogens with zero attached hydrogens (tertiary/aromatic N) is 2. The molecule has 0 aliphatic carbocycles. The van der Waals surface area contributed by atoms with Crippen molar-refractivity contribution in [3.05, 3.63) is 42.0 Å². The van der Waals surface area contributed by atoms with E-state index < -0.39 is 0 Å². The third kappa shape index (κ3) is 4.36. The van der Waals surface area contributed by atoms with Crippen LogP contribution in [0.3, 0.4) is 0 Å². The van der Waals surface area contributed by atoms with Gasteiger partial charge in [-0.2, -0.15) is 0 Å². The molecule has 0 spiro atoms. The van der Waals surface area contributed by atoms with Crippen molar-refractivity contribution < 1.29 is 4.79 Å². The number of carbonyl (C=O) groups excluding carboxylic acids is 1. The minimum atomic E-state index is 0.205. The molecule has 1 aliphatic rings. The number of hydrogen-bond acceptors (Lipinski definition) is 1. The molecular formula is C19H28N2O. The van der Waals surface area contributed by atoms with E-state index in [1.165, 1.54) is 5.56 Å². The molecule has 1 heterocycles. The zero-order valence-electron chi connectivity index (χ0n) is 13.9. The molecule has 1 fully saturated rings. The Morgan fingerprint density at radius 3 is 2.45 bits per heavy atom. The lowest BCUT2D eigenvalue weighted by Gasteiger charge is -2.21. The van der Waals surface area contributed by atoms with Crippen LogP contribution >= 0.6 is 0 Å². The van der Waals surface area contributed by atoms with Gasteiger partial charge in [0, 0.05) is 19.6 Å². The molecule has 0 saturated carbocycles. The van der Waals surface area contributed by atoms with E-state index in [1.54, 1.807) is 0 Å². The fraction of sp³-hybridized carbons (Fsp3) is 0.526. The van der Waals surface area contributed by atoms with Gasteiger partial charge in [0.2, 0.25) is 0 Å². The fourth-order valence-electron chi connectivity index (χ4n) is 2.80. The van der Waals surface area contributed by atoms with Crippen molar-refractivity contribution in [2.24, 2.45) is 0 Å². The molecule has 1 aromatic carbocycles. The Labute approximate surface area is 134 Å². The van der Waals surface area contributed by atoms with E-state index in [1.807, 2.05) is 28.0 Å². The molecule has 3 heteroatoms. The summed E-state index contributed by atoms with van der Waals surface area (Å²) in [6.07, 6.45) is 8.73. The second-order valence-electron chi connectivity index (χ2n) is 5.97. The van der Waals surface area contributed by atoms with Gasteiger partial charge in [0.25, 0.3) is 0 Å². The van der Waals surface area contributed by atoms with Crippen LogP contribution in [0.4, 0.5) is 4.79 Å². The zero-order valence-corrected chi connectivity index (χ0v) is 13.9. The molecular weight excluding hydrogens is 272 g/mol. The standard InChI is InChI=1S/C19H28N2O/c1-3-5-14-20-16-18(21(19(20)22)15-6-4-2)13-12-17-10-8-7-9-11-17/h7-13,18H,3-6,14-16H2,1-2H3/b13-12+/t18-/m1/s1. The second kappa shape index (κ2) is 8.62. The molecule has 1 atom stereocenters. The van der Waals surface area contributed by atoms with Gasteiger partial charge in [-0.25, -0.2) is 4.79 Å². The molecule has 1 aliphatic heterocycles. The van der Waals surface area contributed by atoms with Crippen LogP contribution in [0, 0.1) is 0 Å². The second-order valence-corrected chi connectivity index (χ2v) is 5.97. The average molecular weight is 300 g/mol. The Hall–Kier alpha value is -1.77. The highest BCUT2D eigenvalue weighted by Crippen LogP contribution is 2.19. The third-order valence-electron chi connectivity index (χ3n) is 4.17. The van der Waals surface area contributed by atoms with Crippen LogP contribution in [-0.2, 0) is 0 Å². The fourth-order valence-corrected chi connectivity index (χ4v) is 2.80. The SMILES string of the molecule is CCCCN1C[C@@H](/C=C/c2ccccc2)N(CCCC)C1=O. The first-order chi connectivity index (χ1) is 10.8. The maximum Gasteiger partial charge on any atom is 0.320 e. The number of urea groups is 1. The Balaban J connectivity index is 2.05. The lowest BCUT2D eigenvalue weighted by Crippen LogP contribution is -2.35. The molecule has 120 valence electrons. The van der Waals surface area contributed by atoms with Gasteiger partial charge in [0.15, 0.2) is 0 Å². The van der Waals surface area contributed by atoms with Gasteiger partial charge in [0.1, 0.15) is 0 Å². The van der Waals surface area contributed by atoms with Crippen molar-refractivity contribution in [1.82, 2.24) is 9.80 Å². The third-order valence-corrected chi connectivity index (χ3v) is 4.17. The van der Waals surface area contributed by atoms with Gasteiger partial charge in [-0.05, 0) is 18.4 Å². The molecule has 0 aromatic heterocycles. The Kier molecular flexibility index (Phi) is 6.50. The van der Waals surface area contributed by atoms with Crippen molar-refractivity contribution >= 4 is 12.1 Å². The number of rotatable bonds is 8. The maximum absolute atomic E-state index is 12.6. The van der Waals surface area contributed by atoms with E-state index in [-0.39, 0.29) is 12.1 Å². The molecule has 22 heavy (non-hydrogen) atoms. The van der Waals surface area contributed by atoms with Gasteiger partial charge in [-0.1, -0.05) is 69.2 Å². The van der Waals surface area contributed by atoms with Gasteiger partial charge < -0.3 is 9.80 Å². The minimum absolute atomic E-state index is 0.205. The van der Waals surface area contributed by atoms with Gasteiger partial charge >= 0.3 is 6.03 Å². The molecule has 2 rings (SSSR count). The highest BCUT2D eigenvalue weighted by Gasteiger charge is 2.34. The molecule has 3 nitrogen and oxygen atoms in total. The van der Waals surface area contributed by atoms with Crippen molar-refractivity contribution in [3.63, 3.8) is 0 Å². The average Bonchev–Trinajstić information content (AvgIpc) is 2.85. The van der Waals surface area contributed by atoms with E-state index in [9.17, 15) is 4.79 Å². The van der Waals surface area contributed by atoms with Crippen LogP contribution in [0.1, 0.15) is 45.1 Å². The smallest absolute Gasteiger partial charge is 0.320 e. The summed E-state index contributed by atoms with van der Waals surface area (Å²) in [5.74, 6) is 0. The molecule has 1 saturated heterocycles. The Morgan fingerprint density at radius 1 is 1.09 bits per heavy atom. The summed E-state index contributed by atoms with van der Waals surface area (Å²) < 4.78 is 0. The summed E-state index contributed by atoms with van der Waals surface area (Å²) in [7, 11) is 0. The quantitative estimate of drug-likeness (QED) is 0.697. The van der Waals surface area contributed by atoms with Crippen molar-refractivity contribution in [3.8, 4) is 0 Å². The highest BCUT2D eigenvalue weighted by atomic mass is 16.2. The number of carbonyl (C=O) groups is 1. The molecule has 0 unspecified atom stereocenters. The minimum Gasteiger partial charge on any atom is -0.322 e. The van der Waals surface area contributed by atoms with Crippen LogP contribution < -0.4 is 0 Å². The number of amides is 2. The number of hydrogen-bond donors (Lipinski definition) is 0. The number of unbranched alkanes of at least 4 members (excludes halogenated alkanes) is 2. The first kappa shape index (κ1) is 16.6. The predicted molar refractivity (Wildman–Crippen MR) is 92.8 cm³/mol. The van der Waals surface area contributed by atoms with Crippen molar-refractivity contribution in [2.75, 3.05) is 19.6 Å². The highest BCUT2D eigenvalue weighted by molar-refractivity contribution is 5.78. The zero-order chi connectivity index (χ0) is 15.8. The van der Waals surface area contributed by atoms with Crippen molar-refractivity contribution in [2.45, 2.75) is 45.6 Å². The normalized spacial score (nSPS) is 18.6.